The van der Waals surface area contributed by atoms with Crippen LogP contribution in [0.25, 0.3) is 0 Å². The Bertz CT molecular complexity index is 1120. The lowest BCUT2D eigenvalue weighted by molar-refractivity contribution is -0.384. The van der Waals surface area contributed by atoms with Gasteiger partial charge in [-0.2, -0.15) is 13.2 Å². The van der Waals surface area contributed by atoms with Gasteiger partial charge >= 0.3 is 12.3 Å². The molecular formula is C24H27F4N3O5. The summed E-state index contributed by atoms with van der Waals surface area (Å²) in [6, 6.07) is 6.68. The summed E-state index contributed by atoms with van der Waals surface area (Å²) in [4.78, 5) is 24.1. The lowest BCUT2D eigenvalue weighted by atomic mass is 9.96. The molecule has 1 aliphatic rings. The molecule has 36 heavy (non-hydrogen) atoms. The molecule has 0 spiro atoms. The topological polar surface area (TPSA) is 93.9 Å². The molecule has 0 saturated carbocycles. The van der Waals surface area contributed by atoms with Crippen molar-refractivity contribution < 1.29 is 36.8 Å². The summed E-state index contributed by atoms with van der Waals surface area (Å²) in [7, 11) is 0. The number of carbonyl (C=O) groups excluding carboxylic acids is 1. The van der Waals surface area contributed by atoms with Gasteiger partial charge in [-0.15, -0.1) is 0 Å². The highest BCUT2D eigenvalue weighted by Crippen LogP contribution is 2.49. The average Bonchev–Trinajstić information content (AvgIpc) is 2.77. The predicted molar refractivity (Wildman–Crippen MR) is 124 cm³/mol. The molecule has 0 aliphatic carbocycles. The third-order valence-electron chi connectivity index (χ3n) is 5.42. The number of benzene rings is 2. The summed E-state index contributed by atoms with van der Waals surface area (Å²) in [6.07, 6.45) is -4.67. The Morgan fingerprint density at radius 1 is 1.17 bits per heavy atom. The van der Waals surface area contributed by atoms with Crippen LogP contribution in [-0.2, 0) is 10.9 Å². The summed E-state index contributed by atoms with van der Waals surface area (Å²) in [5.41, 5.74) is -3.48. The van der Waals surface area contributed by atoms with Gasteiger partial charge in [-0.3, -0.25) is 10.1 Å². The molecule has 0 aromatic heterocycles. The van der Waals surface area contributed by atoms with Crippen LogP contribution in [0.3, 0.4) is 0 Å². The van der Waals surface area contributed by atoms with Gasteiger partial charge in [0, 0.05) is 25.7 Å². The molecule has 1 atom stereocenters. The maximum Gasteiger partial charge on any atom is 0.422 e. The number of ether oxygens (including phenoxy) is 2. The second-order valence-electron chi connectivity index (χ2n) is 9.43. The number of hydrogen-bond acceptors (Lipinski definition) is 6. The number of alkyl halides is 3. The SMILES string of the molecule is CC(C)(C)OC(=O)NC[C@@H]1CCCN(c2c([N+](=O)[O-])ccc(Oc3ccccc3F)c2C(F)(F)F)C1. The smallest absolute Gasteiger partial charge is 0.422 e. The number of nitrogens with zero attached hydrogens (tertiary/aromatic N) is 2. The zero-order valence-electron chi connectivity index (χ0n) is 20.0. The minimum atomic E-state index is -5.04. The van der Waals surface area contributed by atoms with E-state index in [4.69, 9.17) is 9.47 Å². The number of nitro groups is 1. The Kier molecular flexibility index (Phi) is 7.95. The molecule has 1 fully saturated rings. The van der Waals surface area contributed by atoms with E-state index in [1.165, 1.54) is 17.0 Å². The van der Waals surface area contributed by atoms with Crippen molar-refractivity contribution in [3.63, 3.8) is 0 Å². The van der Waals surface area contributed by atoms with Crippen LogP contribution in [0, 0.1) is 21.8 Å². The second-order valence-corrected chi connectivity index (χ2v) is 9.43. The van der Waals surface area contributed by atoms with E-state index in [2.05, 4.69) is 5.32 Å². The van der Waals surface area contributed by atoms with Crippen molar-refractivity contribution >= 4 is 17.5 Å². The molecular weight excluding hydrogens is 486 g/mol. The van der Waals surface area contributed by atoms with E-state index >= 15 is 0 Å². The predicted octanol–water partition coefficient (Wildman–Crippen LogP) is 6.29. The Morgan fingerprint density at radius 3 is 2.47 bits per heavy atom. The number of halogens is 4. The van der Waals surface area contributed by atoms with E-state index in [1.807, 2.05) is 0 Å². The van der Waals surface area contributed by atoms with Crippen molar-refractivity contribution in [2.24, 2.45) is 5.92 Å². The van der Waals surface area contributed by atoms with Crippen molar-refractivity contribution in [2.45, 2.75) is 45.4 Å². The van der Waals surface area contributed by atoms with Gasteiger partial charge in [0.1, 0.15) is 22.6 Å². The summed E-state index contributed by atoms with van der Waals surface area (Å²) >= 11 is 0. The van der Waals surface area contributed by atoms with Crippen LogP contribution >= 0.6 is 0 Å². The van der Waals surface area contributed by atoms with E-state index < -0.39 is 57.0 Å². The summed E-state index contributed by atoms with van der Waals surface area (Å²) in [5.74, 6) is -2.36. The van der Waals surface area contributed by atoms with E-state index in [1.54, 1.807) is 20.8 Å². The maximum absolute atomic E-state index is 14.3. The zero-order valence-corrected chi connectivity index (χ0v) is 20.0. The standard InChI is InChI=1S/C24H27F4N3O5/c1-23(2,3)36-22(32)29-13-15-7-6-12-30(14-15)21-17(31(33)34)10-11-19(20(21)24(26,27)28)35-18-9-5-4-8-16(18)25/h4-5,8-11,15H,6-7,12-14H2,1-3H3,(H,29,32)/t15-/m0/s1. The van der Waals surface area contributed by atoms with E-state index in [0.29, 0.717) is 12.8 Å². The summed E-state index contributed by atoms with van der Waals surface area (Å²) < 4.78 is 67.5. The number of nitrogens with one attached hydrogen (secondary N) is 1. The quantitative estimate of drug-likeness (QED) is 0.277. The highest BCUT2D eigenvalue weighted by molar-refractivity contribution is 5.73. The van der Waals surface area contributed by atoms with Gasteiger partial charge in [-0.25, -0.2) is 9.18 Å². The van der Waals surface area contributed by atoms with Crippen LogP contribution in [0.2, 0.25) is 0 Å². The molecule has 1 N–H and O–H groups in total. The fourth-order valence-electron chi connectivity index (χ4n) is 4.01. The first-order valence-corrected chi connectivity index (χ1v) is 11.3. The van der Waals surface area contributed by atoms with Crippen LogP contribution in [0.5, 0.6) is 11.5 Å². The number of para-hydroxylation sites is 1. The largest absolute Gasteiger partial charge is 0.454 e. The zero-order chi connectivity index (χ0) is 26.7. The first kappa shape index (κ1) is 27.0. The summed E-state index contributed by atoms with van der Waals surface area (Å²) in [6.45, 7) is 5.35. The molecule has 12 heteroatoms. The third kappa shape index (κ3) is 6.76. The molecule has 3 rings (SSSR count). The molecule has 0 unspecified atom stereocenters. The van der Waals surface area contributed by atoms with Gasteiger partial charge in [-0.05, 0) is 57.7 Å². The molecule has 2 aromatic carbocycles. The first-order valence-electron chi connectivity index (χ1n) is 11.3. The molecule has 2 aromatic rings. The minimum Gasteiger partial charge on any atom is -0.454 e. The van der Waals surface area contributed by atoms with Crippen molar-refractivity contribution in [2.75, 3.05) is 24.5 Å². The van der Waals surface area contributed by atoms with Crippen molar-refractivity contribution in [3.05, 3.63) is 57.9 Å². The number of hydrogen-bond donors (Lipinski definition) is 1. The number of amides is 1. The molecule has 1 heterocycles. The molecule has 0 bridgehead atoms. The minimum absolute atomic E-state index is 0.0167. The fourth-order valence-corrected chi connectivity index (χ4v) is 4.01. The Balaban J connectivity index is 1.96. The highest BCUT2D eigenvalue weighted by Gasteiger charge is 2.43. The lowest BCUT2D eigenvalue weighted by Gasteiger charge is -2.35. The average molecular weight is 513 g/mol. The van der Waals surface area contributed by atoms with Gasteiger partial charge in [0.15, 0.2) is 11.6 Å². The first-order chi connectivity index (χ1) is 16.8. The molecule has 1 aliphatic heterocycles. The molecule has 1 amide bonds. The van der Waals surface area contributed by atoms with Crippen molar-refractivity contribution in [1.82, 2.24) is 5.32 Å². The number of piperidine rings is 1. The van der Waals surface area contributed by atoms with E-state index in [0.717, 1.165) is 24.3 Å². The van der Waals surface area contributed by atoms with E-state index in [9.17, 15) is 32.5 Å². The lowest BCUT2D eigenvalue weighted by Crippen LogP contribution is -2.43. The van der Waals surface area contributed by atoms with Crippen LogP contribution in [0.15, 0.2) is 36.4 Å². The number of carbonyl (C=O) groups is 1. The van der Waals surface area contributed by atoms with Gasteiger partial charge in [-0.1, -0.05) is 12.1 Å². The Hall–Kier alpha value is -3.57. The number of anilines is 1. The highest BCUT2D eigenvalue weighted by atomic mass is 19.4. The van der Waals surface area contributed by atoms with Gasteiger partial charge in [0.25, 0.3) is 5.69 Å². The number of nitro benzene ring substituents is 1. The normalized spacial score (nSPS) is 16.4. The van der Waals surface area contributed by atoms with Crippen LogP contribution < -0.4 is 15.0 Å². The Morgan fingerprint density at radius 2 is 1.86 bits per heavy atom. The van der Waals surface area contributed by atoms with Crippen molar-refractivity contribution in [3.8, 4) is 11.5 Å². The molecule has 0 radical (unpaired) electrons. The summed E-state index contributed by atoms with van der Waals surface area (Å²) in [5, 5.41) is 14.3. The third-order valence-corrected chi connectivity index (χ3v) is 5.42. The van der Waals surface area contributed by atoms with Gasteiger partial charge < -0.3 is 19.7 Å². The van der Waals surface area contributed by atoms with Crippen molar-refractivity contribution in [1.29, 1.82) is 0 Å². The van der Waals surface area contributed by atoms with E-state index in [-0.39, 0.29) is 25.6 Å². The van der Waals surface area contributed by atoms with Crippen LogP contribution in [-0.4, -0.2) is 36.3 Å². The number of alkyl carbamates (subject to hydrolysis) is 1. The van der Waals surface area contributed by atoms with Gasteiger partial charge in [0.05, 0.1) is 4.92 Å². The monoisotopic (exact) mass is 513 g/mol. The molecule has 196 valence electrons. The van der Waals surface area contributed by atoms with Gasteiger partial charge in [0.2, 0.25) is 0 Å². The fraction of sp³-hybridized carbons (Fsp3) is 0.458. The maximum atomic E-state index is 14.3. The molecule has 1 saturated heterocycles. The van der Waals surface area contributed by atoms with Crippen LogP contribution in [0.4, 0.5) is 33.7 Å². The Labute approximate surface area is 205 Å². The molecule has 8 nitrogen and oxygen atoms in total. The second kappa shape index (κ2) is 10.6. The number of rotatable bonds is 6. The van der Waals surface area contributed by atoms with Crippen LogP contribution in [0.1, 0.15) is 39.2 Å².